The molecule has 0 radical (unpaired) electrons. The van der Waals surface area contributed by atoms with Crippen molar-refractivity contribution in [3.63, 3.8) is 0 Å². The Morgan fingerprint density at radius 1 is 1.60 bits per heavy atom. The van der Waals surface area contributed by atoms with E-state index in [-0.39, 0.29) is 5.92 Å². The summed E-state index contributed by atoms with van der Waals surface area (Å²) in [5.74, 6) is 0.0169. The Morgan fingerprint density at radius 2 is 2.20 bits per heavy atom. The molecule has 0 heterocycles. The summed E-state index contributed by atoms with van der Waals surface area (Å²) in [6.45, 7) is 3.57. The summed E-state index contributed by atoms with van der Waals surface area (Å²) in [4.78, 5) is 0. The first-order valence-electron chi connectivity index (χ1n) is 3.17. The molecule has 0 saturated heterocycles. The Labute approximate surface area is 61.4 Å². The molecule has 52 valence electrons. The van der Waals surface area contributed by atoms with Gasteiger partial charge in [0.2, 0.25) is 0 Å². The fourth-order valence-corrected chi connectivity index (χ4v) is 0.452. The number of hydrogen-bond acceptors (Lipinski definition) is 2. The van der Waals surface area contributed by atoms with Crippen molar-refractivity contribution in [3.8, 4) is 12.1 Å². The van der Waals surface area contributed by atoms with Crippen molar-refractivity contribution in [2.75, 3.05) is 0 Å². The van der Waals surface area contributed by atoms with Gasteiger partial charge in [0.05, 0.1) is 12.1 Å². The molecular weight excluding hydrogens is 124 g/mol. The Hall–Kier alpha value is -1.28. The molecule has 0 rings (SSSR count). The van der Waals surface area contributed by atoms with Crippen LogP contribution in [0.15, 0.2) is 11.6 Å². The van der Waals surface area contributed by atoms with Gasteiger partial charge in [0.25, 0.3) is 0 Å². The van der Waals surface area contributed by atoms with Gasteiger partial charge in [-0.05, 0) is 20.3 Å². The fraction of sp³-hybridized carbons (Fsp3) is 0.500. The fourth-order valence-electron chi connectivity index (χ4n) is 0.452. The number of hydrogen-bond donors (Lipinski definition) is 0. The Balaban J connectivity index is 3.78. The Morgan fingerprint density at radius 3 is 2.60 bits per heavy atom. The molecule has 0 aromatic heterocycles. The first kappa shape index (κ1) is 8.72. The van der Waals surface area contributed by atoms with Crippen LogP contribution in [0, 0.1) is 28.6 Å². The molecule has 2 nitrogen and oxygen atoms in total. The lowest BCUT2D eigenvalue weighted by Crippen LogP contribution is -1.85. The molecule has 0 spiro atoms. The van der Waals surface area contributed by atoms with Crippen LogP contribution in [0.4, 0.5) is 0 Å². The van der Waals surface area contributed by atoms with E-state index in [1.165, 1.54) is 0 Å². The van der Waals surface area contributed by atoms with Gasteiger partial charge in [0.15, 0.2) is 0 Å². The molecule has 0 aromatic rings. The van der Waals surface area contributed by atoms with Crippen LogP contribution in [0.5, 0.6) is 0 Å². The monoisotopic (exact) mass is 134 g/mol. The smallest absolute Gasteiger partial charge is 0.0940 e. The first-order chi connectivity index (χ1) is 4.70. The minimum absolute atomic E-state index is 0.0169. The Bertz CT molecular complexity index is 202. The third-order valence-corrected chi connectivity index (χ3v) is 1.17. The topological polar surface area (TPSA) is 47.6 Å². The molecule has 1 atom stereocenters. The van der Waals surface area contributed by atoms with Crippen LogP contribution in [0.25, 0.3) is 0 Å². The standard InChI is InChI=1S/C8H10N2/c1-7(5-9)3-4-8(2)6-10/h3,8H,4H2,1-2H3/b7-3-/t8-/m1/s1. The van der Waals surface area contributed by atoms with E-state index in [0.717, 1.165) is 0 Å². The molecule has 0 saturated carbocycles. The van der Waals surface area contributed by atoms with Crippen molar-refractivity contribution >= 4 is 0 Å². The zero-order chi connectivity index (χ0) is 7.98. The first-order valence-corrected chi connectivity index (χ1v) is 3.17. The average molecular weight is 134 g/mol. The lowest BCUT2D eigenvalue weighted by Gasteiger charge is -1.93. The summed E-state index contributed by atoms with van der Waals surface area (Å²) in [5, 5.41) is 16.7. The second-order valence-corrected chi connectivity index (χ2v) is 2.26. The second kappa shape index (κ2) is 4.58. The lowest BCUT2D eigenvalue weighted by molar-refractivity contribution is 0.758. The number of nitrogens with zero attached hydrogens (tertiary/aromatic N) is 2. The highest BCUT2D eigenvalue weighted by Gasteiger charge is 1.94. The highest BCUT2D eigenvalue weighted by molar-refractivity contribution is 5.17. The van der Waals surface area contributed by atoms with Crippen LogP contribution < -0.4 is 0 Å². The van der Waals surface area contributed by atoms with Gasteiger partial charge >= 0.3 is 0 Å². The maximum atomic E-state index is 8.36. The van der Waals surface area contributed by atoms with Gasteiger partial charge < -0.3 is 0 Å². The maximum Gasteiger partial charge on any atom is 0.0940 e. The van der Waals surface area contributed by atoms with E-state index in [1.807, 2.05) is 13.0 Å². The maximum absolute atomic E-state index is 8.36. The average Bonchev–Trinajstić information content (AvgIpc) is 1.99. The molecule has 2 heteroatoms. The molecule has 0 aliphatic heterocycles. The van der Waals surface area contributed by atoms with Gasteiger partial charge in [0.1, 0.15) is 0 Å². The third kappa shape index (κ3) is 3.69. The SMILES string of the molecule is C/C(C#N)=C/C[C@@H](C)C#N. The van der Waals surface area contributed by atoms with E-state index in [1.54, 1.807) is 13.0 Å². The van der Waals surface area contributed by atoms with Crippen molar-refractivity contribution in [1.29, 1.82) is 10.5 Å². The van der Waals surface area contributed by atoms with E-state index in [2.05, 4.69) is 6.07 Å². The van der Waals surface area contributed by atoms with Crippen LogP contribution in [0.3, 0.4) is 0 Å². The van der Waals surface area contributed by atoms with Gasteiger partial charge in [-0.3, -0.25) is 0 Å². The van der Waals surface area contributed by atoms with Crippen molar-refractivity contribution in [2.45, 2.75) is 20.3 Å². The van der Waals surface area contributed by atoms with Crippen LogP contribution in [0.1, 0.15) is 20.3 Å². The van der Waals surface area contributed by atoms with Crippen LogP contribution in [0.2, 0.25) is 0 Å². The van der Waals surface area contributed by atoms with Gasteiger partial charge in [-0.15, -0.1) is 0 Å². The molecule has 0 unspecified atom stereocenters. The van der Waals surface area contributed by atoms with Gasteiger partial charge in [0, 0.05) is 11.5 Å². The summed E-state index contributed by atoms with van der Waals surface area (Å²) >= 11 is 0. The largest absolute Gasteiger partial charge is 0.198 e. The highest BCUT2D eigenvalue weighted by atomic mass is 14.3. The molecular formula is C8H10N2. The minimum atomic E-state index is 0.0169. The normalized spacial score (nSPS) is 13.4. The Kier molecular flexibility index (Phi) is 4.00. The van der Waals surface area contributed by atoms with Crippen LogP contribution >= 0.6 is 0 Å². The van der Waals surface area contributed by atoms with Gasteiger partial charge in [-0.1, -0.05) is 6.08 Å². The summed E-state index contributed by atoms with van der Waals surface area (Å²) in [6.07, 6.45) is 2.46. The second-order valence-electron chi connectivity index (χ2n) is 2.26. The number of nitriles is 2. The molecule has 10 heavy (non-hydrogen) atoms. The number of rotatable bonds is 2. The molecule has 0 fully saturated rings. The molecule has 0 aliphatic rings. The van der Waals surface area contributed by atoms with Gasteiger partial charge in [-0.2, -0.15) is 10.5 Å². The summed E-state index contributed by atoms with van der Waals surface area (Å²) in [5.41, 5.74) is 0.683. The summed E-state index contributed by atoms with van der Waals surface area (Å²) in [6, 6.07) is 4.09. The molecule has 0 amide bonds. The quantitative estimate of drug-likeness (QED) is 0.542. The van der Waals surface area contributed by atoms with Crippen molar-refractivity contribution in [3.05, 3.63) is 11.6 Å². The number of allylic oxidation sites excluding steroid dienone is 2. The summed E-state index contributed by atoms with van der Waals surface area (Å²) in [7, 11) is 0. The molecule has 0 aliphatic carbocycles. The zero-order valence-corrected chi connectivity index (χ0v) is 6.26. The summed E-state index contributed by atoms with van der Waals surface area (Å²) < 4.78 is 0. The van der Waals surface area contributed by atoms with Crippen molar-refractivity contribution in [1.82, 2.24) is 0 Å². The molecule has 0 N–H and O–H groups in total. The lowest BCUT2D eigenvalue weighted by atomic mass is 10.1. The van der Waals surface area contributed by atoms with Gasteiger partial charge in [-0.25, -0.2) is 0 Å². The van der Waals surface area contributed by atoms with Crippen LogP contribution in [-0.4, -0.2) is 0 Å². The van der Waals surface area contributed by atoms with Crippen molar-refractivity contribution < 1.29 is 0 Å². The van der Waals surface area contributed by atoms with E-state index in [4.69, 9.17) is 10.5 Å². The minimum Gasteiger partial charge on any atom is -0.198 e. The molecule has 0 bridgehead atoms. The van der Waals surface area contributed by atoms with E-state index < -0.39 is 0 Å². The molecule has 0 aromatic carbocycles. The van der Waals surface area contributed by atoms with Crippen LogP contribution in [-0.2, 0) is 0 Å². The highest BCUT2D eigenvalue weighted by Crippen LogP contribution is 2.02. The van der Waals surface area contributed by atoms with E-state index in [0.29, 0.717) is 12.0 Å². The third-order valence-electron chi connectivity index (χ3n) is 1.17. The predicted molar refractivity (Wildman–Crippen MR) is 38.8 cm³/mol. The zero-order valence-electron chi connectivity index (χ0n) is 6.26. The van der Waals surface area contributed by atoms with E-state index >= 15 is 0 Å². The van der Waals surface area contributed by atoms with Crippen molar-refractivity contribution in [2.24, 2.45) is 5.92 Å². The van der Waals surface area contributed by atoms with E-state index in [9.17, 15) is 0 Å². The predicted octanol–water partition coefficient (Wildman–Crippen LogP) is 2.01.